The zero-order valence-electron chi connectivity index (χ0n) is 7.26. The molecule has 70 valence electrons. The fourth-order valence-corrected chi connectivity index (χ4v) is 2.06. The van der Waals surface area contributed by atoms with Gasteiger partial charge in [0, 0.05) is 37.4 Å². The van der Waals surface area contributed by atoms with Crippen LogP contribution in [0.1, 0.15) is 11.6 Å². The minimum absolute atomic E-state index is 0.386. The van der Waals surface area contributed by atoms with E-state index in [1.165, 1.54) is 5.56 Å². The van der Waals surface area contributed by atoms with Gasteiger partial charge in [-0.2, -0.15) is 0 Å². The van der Waals surface area contributed by atoms with Gasteiger partial charge in [0.2, 0.25) is 0 Å². The molecule has 1 aliphatic heterocycles. The summed E-state index contributed by atoms with van der Waals surface area (Å²) >= 11 is 3.45. The van der Waals surface area contributed by atoms with E-state index in [0.717, 1.165) is 24.2 Å². The maximum atomic E-state index is 4.20. The lowest BCUT2D eigenvalue weighted by Gasteiger charge is -2.25. The summed E-state index contributed by atoms with van der Waals surface area (Å²) in [7, 11) is 0. The molecule has 1 saturated heterocycles. The van der Waals surface area contributed by atoms with E-state index in [9.17, 15) is 0 Å². The first kappa shape index (κ1) is 9.12. The molecular formula is C9H12BrN3. The molecule has 0 amide bonds. The standard InChI is InChI=1S/C9H12BrN3/c10-9-7(2-1-3-13-9)8-6-11-4-5-12-8/h1-3,8,11-12H,4-6H2/t8-/m1/s1. The maximum absolute atomic E-state index is 4.20. The molecular weight excluding hydrogens is 230 g/mol. The highest BCUT2D eigenvalue weighted by Gasteiger charge is 2.16. The van der Waals surface area contributed by atoms with Crippen molar-refractivity contribution < 1.29 is 0 Å². The first-order valence-corrected chi connectivity index (χ1v) is 5.22. The van der Waals surface area contributed by atoms with Crippen LogP contribution in [0.25, 0.3) is 0 Å². The number of piperazine rings is 1. The molecule has 13 heavy (non-hydrogen) atoms. The minimum atomic E-state index is 0.386. The molecule has 0 saturated carbocycles. The molecule has 1 aromatic heterocycles. The average Bonchev–Trinajstić information content (AvgIpc) is 2.20. The Kier molecular flexibility index (Phi) is 2.93. The Hall–Kier alpha value is -0.450. The summed E-state index contributed by atoms with van der Waals surface area (Å²) in [5, 5.41) is 6.79. The normalized spacial score (nSPS) is 23.0. The highest BCUT2D eigenvalue weighted by atomic mass is 79.9. The molecule has 2 N–H and O–H groups in total. The van der Waals surface area contributed by atoms with Crippen molar-refractivity contribution in [2.75, 3.05) is 19.6 Å². The van der Waals surface area contributed by atoms with Gasteiger partial charge in [0.05, 0.1) is 0 Å². The van der Waals surface area contributed by atoms with Gasteiger partial charge in [0.25, 0.3) is 0 Å². The van der Waals surface area contributed by atoms with Crippen molar-refractivity contribution in [2.45, 2.75) is 6.04 Å². The Labute approximate surface area is 86.1 Å². The van der Waals surface area contributed by atoms with Crippen LogP contribution in [0.2, 0.25) is 0 Å². The second-order valence-electron chi connectivity index (χ2n) is 3.09. The molecule has 0 unspecified atom stereocenters. The van der Waals surface area contributed by atoms with Gasteiger partial charge in [-0.1, -0.05) is 6.07 Å². The number of pyridine rings is 1. The van der Waals surface area contributed by atoms with E-state index in [1.54, 1.807) is 6.20 Å². The largest absolute Gasteiger partial charge is 0.314 e. The Morgan fingerprint density at radius 2 is 2.38 bits per heavy atom. The molecule has 3 nitrogen and oxygen atoms in total. The van der Waals surface area contributed by atoms with Gasteiger partial charge < -0.3 is 10.6 Å². The molecule has 4 heteroatoms. The fourth-order valence-electron chi connectivity index (χ4n) is 1.53. The van der Waals surface area contributed by atoms with Crippen LogP contribution < -0.4 is 10.6 Å². The molecule has 0 spiro atoms. The monoisotopic (exact) mass is 241 g/mol. The second-order valence-corrected chi connectivity index (χ2v) is 3.85. The number of rotatable bonds is 1. The molecule has 0 aliphatic carbocycles. The number of hydrogen-bond donors (Lipinski definition) is 2. The summed E-state index contributed by atoms with van der Waals surface area (Å²) in [6.45, 7) is 3.05. The molecule has 2 heterocycles. The van der Waals surface area contributed by atoms with Crippen molar-refractivity contribution >= 4 is 15.9 Å². The summed E-state index contributed by atoms with van der Waals surface area (Å²) in [6, 6.07) is 4.45. The topological polar surface area (TPSA) is 37.0 Å². The van der Waals surface area contributed by atoms with Crippen molar-refractivity contribution in [3.05, 3.63) is 28.5 Å². The van der Waals surface area contributed by atoms with E-state index in [1.807, 2.05) is 6.07 Å². The lowest BCUT2D eigenvalue weighted by atomic mass is 10.1. The summed E-state index contributed by atoms with van der Waals surface area (Å²) in [4.78, 5) is 4.20. The summed E-state index contributed by atoms with van der Waals surface area (Å²) in [6.07, 6.45) is 1.80. The fraction of sp³-hybridized carbons (Fsp3) is 0.444. The zero-order chi connectivity index (χ0) is 9.10. The van der Waals surface area contributed by atoms with Crippen molar-refractivity contribution in [3.63, 3.8) is 0 Å². The van der Waals surface area contributed by atoms with E-state index in [4.69, 9.17) is 0 Å². The Morgan fingerprint density at radius 1 is 1.46 bits per heavy atom. The number of halogens is 1. The number of nitrogens with one attached hydrogen (secondary N) is 2. The smallest absolute Gasteiger partial charge is 0.110 e. The van der Waals surface area contributed by atoms with Gasteiger partial charge >= 0.3 is 0 Å². The molecule has 1 atom stereocenters. The number of nitrogens with zero attached hydrogens (tertiary/aromatic N) is 1. The van der Waals surface area contributed by atoms with Crippen LogP contribution in [0.3, 0.4) is 0 Å². The van der Waals surface area contributed by atoms with Crippen LogP contribution in [0.4, 0.5) is 0 Å². The SMILES string of the molecule is Brc1ncccc1[C@H]1CNCCN1. The Morgan fingerprint density at radius 3 is 3.08 bits per heavy atom. The van der Waals surface area contributed by atoms with Gasteiger partial charge in [-0.25, -0.2) is 4.98 Å². The highest BCUT2D eigenvalue weighted by Crippen LogP contribution is 2.20. The highest BCUT2D eigenvalue weighted by molar-refractivity contribution is 9.10. The van der Waals surface area contributed by atoms with Gasteiger partial charge in [-0.05, 0) is 22.0 Å². The Bertz CT molecular complexity index is 284. The number of hydrogen-bond acceptors (Lipinski definition) is 3. The lowest BCUT2D eigenvalue weighted by Crippen LogP contribution is -2.42. The quantitative estimate of drug-likeness (QED) is 0.723. The molecule has 0 bridgehead atoms. The zero-order valence-corrected chi connectivity index (χ0v) is 8.84. The third kappa shape index (κ3) is 2.07. The van der Waals surface area contributed by atoms with Crippen LogP contribution in [0.15, 0.2) is 22.9 Å². The predicted molar refractivity (Wildman–Crippen MR) is 55.6 cm³/mol. The summed E-state index contributed by atoms with van der Waals surface area (Å²) in [5.41, 5.74) is 1.23. The van der Waals surface area contributed by atoms with E-state index in [2.05, 4.69) is 37.6 Å². The van der Waals surface area contributed by atoms with Crippen molar-refractivity contribution in [1.29, 1.82) is 0 Å². The molecule has 1 aliphatic rings. The van der Waals surface area contributed by atoms with Gasteiger partial charge in [-0.15, -0.1) is 0 Å². The van der Waals surface area contributed by atoms with Crippen molar-refractivity contribution in [1.82, 2.24) is 15.6 Å². The third-order valence-electron chi connectivity index (χ3n) is 2.20. The van der Waals surface area contributed by atoms with Gasteiger partial charge in [0.15, 0.2) is 0 Å². The van der Waals surface area contributed by atoms with Crippen LogP contribution in [-0.4, -0.2) is 24.6 Å². The van der Waals surface area contributed by atoms with Crippen LogP contribution in [0, 0.1) is 0 Å². The molecule has 1 fully saturated rings. The van der Waals surface area contributed by atoms with Crippen molar-refractivity contribution in [3.8, 4) is 0 Å². The first-order chi connectivity index (χ1) is 6.38. The summed E-state index contributed by atoms with van der Waals surface area (Å²) < 4.78 is 0.941. The molecule has 0 radical (unpaired) electrons. The van der Waals surface area contributed by atoms with E-state index in [0.29, 0.717) is 6.04 Å². The van der Waals surface area contributed by atoms with Crippen LogP contribution in [-0.2, 0) is 0 Å². The average molecular weight is 242 g/mol. The maximum Gasteiger partial charge on any atom is 0.110 e. The van der Waals surface area contributed by atoms with E-state index >= 15 is 0 Å². The first-order valence-electron chi connectivity index (χ1n) is 4.42. The molecule has 1 aromatic rings. The minimum Gasteiger partial charge on any atom is -0.314 e. The molecule has 0 aromatic carbocycles. The second kappa shape index (κ2) is 4.17. The number of aromatic nitrogens is 1. The Balaban J connectivity index is 2.18. The predicted octanol–water partition coefficient (Wildman–Crippen LogP) is 1.08. The van der Waals surface area contributed by atoms with Gasteiger partial charge in [-0.3, -0.25) is 0 Å². The van der Waals surface area contributed by atoms with E-state index < -0.39 is 0 Å². The van der Waals surface area contributed by atoms with Gasteiger partial charge in [0.1, 0.15) is 4.60 Å². The van der Waals surface area contributed by atoms with Crippen molar-refractivity contribution in [2.24, 2.45) is 0 Å². The van der Waals surface area contributed by atoms with E-state index in [-0.39, 0.29) is 0 Å². The van der Waals surface area contributed by atoms with Crippen LogP contribution >= 0.6 is 15.9 Å². The lowest BCUT2D eigenvalue weighted by molar-refractivity contribution is 0.428. The molecule has 2 rings (SSSR count). The summed E-state index contributed by atoms with van der Waals surface area (Å²) in [5.74, 6) is 0. The third-order valence-corrected chi connectivity index (χ3v) is 2.87. The van der Waals surface area contributed by atoms with Crippen LogP contribution in [0.5, 0.6) is 0 Å².